The molecule has 0 fully saturated rings. The van der Waals surface area contributed by atoms with E-state index in [1.807, 2.05) is 24.3 Å². The van der Waals surface area contributed by atoms with Crippen molar-refractivity contribution in [1.29, 1.82) is 0 Å². The number of rotatable bonds is 3. The fourth-order valence-corrected chi connectivity index (χ4v) is 1.46. The molecule has 0 aliphatic heterocycles. The first-order valence-electron chi connectivity index (χ1n) is 3.65. The van der Waals surface area contributed by atoms with Crippen LogP contribution in [-0.4, -0.2) is 17.9 Å². The zero-order valence-corrected chi connectivity index (χ0v) is 8.06. The predicted molar refractivity (Wildman–Crippen MR) is 49.5 cm³/mol. The Kier molecular flexibility index (Phi) is 3.59. The smallest absolute Gasteiger partial charge is 0.152 e. The molecule has 0 spiro atoms. The van der Waals surface area contributed by atoms with Crippen LogP contribution in [0.5, 0.6) is 0 Å². The van der Waals surface area contributed by atoms with Gasteiger partial charge in [0.2, 0.25) is 0 Å². The molecule has 0 amide bonds. The lowest BCUT2D eigenvalue weighted by molar-refractivity contribution is 0.185. The molecule has 1 aromatic carbocycles. The fourth-order valence-electron chi connectivity index (χ4n) is 0.944. The second-order valence-electron chi connectivity index (χ2n) is 2.53. The highest BCUT2D eigenvalue weighted by Gasteiger charge is 2.02. The van der Waals surface area contributed by atoms with Crippen LogP contribution in [0.15, 0.2) is 29.2 Å². The number of benzene rings is 1. The van der Waals surface area contributed by atoms with Gasteiger partial charge in [-0.1, -0.05) is 12.1 Å². The van der Waals surface area contributed by atoms with Crippen molar-refractivity contribution in [1.82, 2.24) is 0 Å². The van der Waals surface area contributed by atoms with Crippen LogP contribution < -0.4 is 0 Å². The van der Waals surface area contributed by atoms with Crippen molar-refractivity contribution in [3.05, 3.63) is 29.8 Å². The summed E-state index contributed by atoms with van der Waals surface area (Å²) in [5.74, 6) is 0. The van der Waals surface area contributed by atoms with E-state index in [1.165, 1.54) is 0 Å². The van der Waals surface area contributed by atoms with E-state index in [0.29, 0.717) is 6.61 Å². The molecule has 0 aliphatic rings. The number of methoxy groups -OCH3 is 1. The Morgan fingerprint density at radius 3 is 2.33 bits per heavy atom. The van der Waals surface area contributed by atoms with Crippen LogP contribution in [0.25, 0.3) is 0 Å². The van der Waals surface area contributed by atoms with Crippen LogP contribution in [0.4, 0.5) is 0 Å². The van der Waals surface area contributed by atoms with Crippen molar-refractivity contribution in [2.75, 3.05) is 13.4 Å². The third kappa shape index (κ3) is 2.52. The Balaban J connectivity index is 2.71. The SMILES string of the molecule is COCc1ccc([S@+](C)[O-])cc1. The van der Waals surface area contributed by atoms with Crippen LogP contribution in [0.2, 0.25) is 0 Å². The Hall–Kier alpha value is -0.510. The molecule has 1 rings (SSSR count). The number of hydrogen-bond acceptors (Lipinski definition) is 2. The van der Waals surface area contributed by atoms with Gasteiger partial charge in [0.1, 0.15) is 6.26 Å². The van der Waals surface area contributed by atoms with Crippen LogP contribution in [-0.2, 0) is 22.5 Å². The van der Waals surface area contributed by atoms with E-state index >= 15 is 0 Å². The van der Waals surface area contributed by atoms with Crippen LogP contribution in [0, 0.1) is 0 Å². The van der Waals surface area contributed by atoms with Crippen LogP contribution in [0.3, 0.4) is 0 Å². The summed E-state index contributed by atoms with van der Waals surface area (Å²) in [4.78, 5) is 0.856. The normalized spacial score (nSPS) is 12.9. The van der Waals surface area contributed by atoms with Crippen molar-refractivity contribution < 1.29 is 9.29 Å². The summed E-state index contributed by atoms with van der Waals surface area (Å²) >= 11 is -0.882. The second kappa shape index (κ2) is 4.50. The largest absolute Gasteiger partial charge is 0.612 e. The van der Waals surface area contributed by atoms with E-state index in [-0.39, 0.29) is 0 Å². The number of ether oxygens (including phenoxy) is 1. The lowest BCUT2D eigenvalue weighted by Gasteiger charge is -2.04. The van der Waals surface area contributed by atoms with Gasteiger partial charge in [0.15, 0.2) is 4.90 Å². The third-order valence-corrected chi connectivity index (χ3v) is 2.50. The van der Waals surface area contributed by atoms with E-state index in [2.05, 4.69) is 0 Å². The van der Waals surface area contributed by atoms with E-state index < -0.39 is 11.2 Å². The molecule has 0 heterocycles. The molecule has 0 unspecified atom stereocenters. The maximum absolute atomic E-state index is 11.0. The zero-order chi connectivity index (χ0) is 8.97. The van der Waals surface area contributed by atoms with Gasteiger partial charge in [-0.25, -0.2) is 0 Å². The van der Waals surface area contributed by atoms with Crippen molar-refractivity contribution in [2.24, 2.45) is 0 Å². The molecule has 0 aliphatic carbocycles. The minimum atomic E-state index is -0.882. The summed E-state index contributed by atoms with van der Waals surface area (Å²) in [5, 5.41) is 0. The molecule has 0 saturated heterocycles. The van der Waals surface area contributed by atoms with E-state index in [0.717, 1.165) is 10.5 Å². The molecule has 0 aromatic heterocycles. The lowest BCUT2D eigenvalue weighted by Crippen LogP contribution is -1.97. The quantitative estimate of drug-likeness (QED) is 0.668. The maximum Gasteiger partial charge on any atom is 0.152 e. The lowest BCUT2D eigenvalue weighted by atomic mass is 10.2. The summed E-state index contributed by atoms with van der Waals surface area (Å²) in [7, 11) is 1.66. The topological polar surface area (TPSA) is 32.3 Å². The number of hydrogen-bond donors (Lipinski definition) is 0. The van der Waals surface area contributed by atoms with Gasteiger partial charge >= 0.3 is 0 Å². The fraction of sp³-hybridized carbons (Fsp3) is 0.333. The molecule has 3 heteroatoms. The summed E-state index contributed by atoms with van der Waals surface area (Å²) in [6.45, 7) is 0.608. The highest BCUT2D eigenvalue weighted by atomic mass is 32.2. The zero-order valence-electron chi connectivity index (χ0n) is 7.24. The van der Waals surface area contributed by atoms with E-state index in [9.17, 15) is 4.55 Å². The highest BCUT2D eigenvalue weighted by Crippen LogP contribution is 2.10. The third-order valence-electron chi connectivity index (χ3n) is 1.57. The molecule has 12 heavy (non-hydrogen) atoms. The molecule has 0 saturated carbocycles. The average molecular weight is 184 g/mol. The first kappa shape index (κ1) is 9.58. The minimum Gasteiger partial charge on any atom is -0.612 e. The first-order chi connectivity index (χ1) is 5.74. The van der Waals surface area contributed by atoms with Gasteiger partial charge in [0, 0.05) is 7.11 Å². The van der Waals surface area contributed by atoms with Gasteiger partial charge in [0.25, 0.3) is 0 Å². The summed E-state index contributed by atoms with van der Waals surface area (Å²) in [6.07, 6.45) is 1.67. The first-order valence-corrected chi connectivity index (χ1v) is 5.21. The standard InChI is InChI=1S/C9H12O2S/c1-11-7-8-3-5-9(6-4-8)12(2)10/h3-6H,7H2,1-2H3/t12-/m0/s1. The van der Waals surface area contributed by atoms with Crippen molar-refractivity contribution in [3.8, 4) is 0 Å². The predicted octanol–water partition coefficient (Wildman–Crippen LogP) is 1.57. The molecular weight excluding hydrogens is 172 g/mol. The Morgan fingerprint density at radius 2 is 1.92 bits per heavy atom. The van der Waals surface area contributed by atoms with Gasteiger partial charge in [-0.2, -0.15) is 0 Å². The molecular formula is C9H12O2S. The van der Waals surface area contributed by atoms with Gasteiger partial charge in [-0.05, 0) is 28.9 Å². The van der Waals surface area contributed by atoms with Gasteiger partial charge in [-0.3, -0.25) is 0 Å². The Labute approximate surface area is 75.7 Å². The van der Waals surface area contributed by atoms with E-state index in [1.54, 1.807) is 13.4 Å². The Bertz CT molecular complexity index is 231. The molecule has 2 nitrogen and oxygen atoms in total. The second-order valence-corrected chi connectivity index (χ2v) is 3.91. The van der Waals surface area contributed by atoms with Crippen molar-refractivity contribution in [3.63, 3.8) is 0 Å². The Morgan fingerprint density at radius 1 is 1.33 bits per heavy atom. The average Bonchev–Trinajstić information content (AvgIpc) is 2.06. The van der Waals surface area contributed by atoms with Crippen molar-refractivity contribution >= 4 is 11.2 Å². The minimum absolute atomic E-state index is 0.608. The maximum atomic E-state index is 11.0. The van der Waals surface area contributed by atoms with Gasteiger partial charge < -0.3 is 9.29 Å². The molecule has 66 valence electrons. The molecule has 1 aromatic rings. The summed E-state index contributed by atoms with van der Waals surface area (Å²) in [6, 6.07) is 7.59. The monoisotopic (exact) mass is 184 g/mol. The molecule has 1 atom stereocenters. The summed E-state index contributed by atoms with van der Waals surface area (Å²) in [5.41, 5.74) is 1.10. The van der Waals surface area contributed by atoms with Gasteiger partial charge in [0.05, 0.1) is 6.61 Å². The van der Waals surface area contributed by atoms with Crippen LogP contribution in [0.1, 0.15) is 5.56 Å². The van der Waals surface area contributed by atoms with E-state index in [4.69, 9.17) is 4.74 Å². The molecule has 0 bridgehead atoms. The highest BCUT2D eigenvalue weighted by molar-refractivity contribution is 7.90. The van der Waals surface area contributed by atoms with Gasteiger partial charge in [-0.15, -0.1) is 0 Å². The molecule has 0 N–H and O–H groups in total. The molecule has 0 radical (unpaired) electrons. The van der Waals surface area contributed by atoms with Crippen LogP contribution >= 0.6 is 0 Å². The van der Waals surface area contributed by atoms with Crippen molar-refractivity contribution in [2.45, 2.75) is 11.5 Å². The summed E-state index contributed by atoms with van der Waals surface area (Å²) < 4.78 is 15.9.